The van der Waals surface area contributed by atoms with Crippen LogP contribution in [0.25, 0.3) is 42.7 Å². The summed E-state index contributed by atoms with van der Waals surface area (Å²) < 4.78 is 1.14. The lowest BCUT2D eigenvalue weighted by Crippen LogP contribution is -2.74. The zero-order chi connectivity index (χ0) is 42.4. The average Bonchev–Trinajstić information content (AvgIpc) is 3.71. The predicted molar refractivity (Wildman–Crippen MR) is 264 cm³/mol. The number of hydrogen-bond donors (Lipinski definition) is 1. The first-order chi connectivity index (χ1) is 29.4. The molecule has 8 aromatic carbocycles. The summed E-state index contributed by atoms with van der Waals surface area (Å²) in [5, 5.41) is 19.4. The van der Waals surface area contributed by atoms with Gasteiger partial charge in [0, 0.05) is 28.3 Å². The van der Waals surface area contributed by atoms with Crippen molar-refractivity contribution >= 4 is 73.0 Å². The fraction of sp³-hybridized carbons (Fsp3) is 0.143. The summed E-state index contributed by atoms with van der Waals surface area (Å²) in [6.45, 7) is 13.4. The van der Waals surface area contributed by atoms with Crippen LogP contribution < -0.4 is 20.7 Å². The van der Waals surface area contributed by atoms with Gasteiger partial charge in [-0.1, -0.05) is 193 Å². The van der Waals surface area contributed by atoms with E-state index < -0.39 is 8.07 Å². The highest BCUT2D eigenvalue weighted by atomic mass is 32.1. The molecular weight excluding hydrogens is 777 g/mol. The molecule has 0 saturated heterocycles. The van der Waals surface area contributed by atoms with Gasteiger partial charge in [-0.25, -0.2) is 4.98 Å². The monoisotopic (exact) mass is 826 g/mol. The van der Waals surface area contributed by atoms with Gasteiger partial charge in [0.05, 0.1) is 15.9 Å². The molecule has 1 N–H and O–H groups in total. The Kier molecular flexibility index (Phi) is 10.4. The minimum absolute atomic E-state index is 0.0669. The van der Waals surface area contributed by atoms with Gasteiger partial charge in [0.15, 0.2) is 8.07 Å². The van der Waals surface area contributed by atoms with E-state index in [-0.39, 0.29) is 16.6 Å². The highest BCUT2D eigenvalue weighted by Gasteiger charge is 2.41. The maximum atomic E-state index is 10.9. The number of hydrogen-bond acceptors (Lipinski definition) is 4. The first-order valence-electron chi connectivity index (χ1n) is 21.0. The number of rotatable bonds is 8. The summed E-state index contributed by atoms with van der Waals surface area (Å²) in [4.78, 5) is 10.7. The van der Waals surface area contributed by atoms with Crippen LogP contribution in [0.5, 0.6) is 5.75 Å². The first kappa shape index (κ1) is 40.0. The van der Waals surface area contributed by atoms with Crippen LogP contribution in [0, 0.1) is 0 Å². The van der Waals surface area contributed by atoms with E-state index in [1.807, 2.05) is 12.1 Å². The molecule has 0 radical (unpaired) electrons. The Balaban J connectivity index is 1.21. The van der Waals surface area contributed by atoms with E-state index in [0.717, 1.165) is 53.9 Å². The number of fused-ring (bicyclic) bond motifs is 2. The Hall–Kier alpha value is -6.40. The lowest BCUT2D eigenvalue weighted by molar-refractivity contribution is 0.473. The SMILES string of the molecule is CC(C)(C)c1ccc(O)c(C=Nc2c(-c3nc4c(-c5ccc([Si](c6ccccc6)(c6ccccc6)c6ccccc6)cc5)cc(C(C)(C)C)cc4s3)ccc3ccccc23)c1. The molecule has 5 heteroatoms. The van der Waals surface area contributed by atoms with E-state index in [1.165, 1.54) is 26.3 Å². The van der Waals surface area contributed by atoms with Gasteiger partial charge in [0.2, 0.25) is 0 Å². The van der Waals surface area contributed by atoms with Gasteiger partial charge in [-0.15, -0.1) is 11.3 Å². The standard InChI is InChI=1S/C56H50N2OSSi/c1-55(2,3)41-29-33-50(59)40(34-41)37-57-52-47-25-17-16-18-38(47)28-32-48(52)54-58-53-49(35-42(56(4,5)6)36-51(53)60-54)39-26-30-46(31-27-39)61(43-19-10-7-11-20-43,44-21-12-8-13-22-44)45-23-14-9-15-24-45/h7-37,59H,1-6H3. The fourth-order valence-electron chi connectivity index (χ4n) is 8.59. The van der Waals surface area contributed by atoms with Gasteiger partial charge in [-0.3, -0.25) is 4.99 Å². The molecule has 0 amide bonds. The van der Waals surface area contributed by atoms with Gasteiger partial charge in [-0.2, -0.15) is 0 Å². The number of nitrogens with zero attached hydrogens (tertiary/aromatic N) is 2. The van der Waals surface area contributed by atoms with E-state index in [9.17, 15) is 5.11 Å². The van der Waals surface area contributed by atoms with Gasteiger partial charge in [-0.05, 0) is 84.0 Å². The number of phenols is 1. The predicted octanol–water partition coefficient (Wildman–Crippen LogP) is 12.2. The van der Waals surface area contributed by atoms with Crippen molar-refractivity contribution in [3.8, 4) is 27.4 Å². The highest BCUT2D eigenvalue weighted by Crippen LogP contribution is 2.44. The van der Waals surface area contributed by atoms with Crippen LogP contribution in [0.4, 0.5) is 5.69 Å². The van der Waals surface area contributed by atoms with Gasteiger partial charge in [0.1, 0.15) is 10.8 Å². The molecule has 9 aromatic rings. The third kappa shape index (κ3) is 7.54. The first-order valence-corrected chi connectivity index (χ1v) is 23.9. The molecule has 0 saturated carbocycles. The van der Waals surface area contributed by atoms with E-state index in [2.05, 4.69) is 205 Å². The minimum atomic E-state index is -2.68. The van der Waals surface area contributed by atoms with Crippen molar-refractivity contribution in [2.45, 2.75) is 52.4 Å². The van der Waals surface area contributed by atoms with Crippen molar-refractivity contribution in [2.24, 2.45) is 4.99 Å². The van der Waals surface area contributed by atoms with Crippen LogP contribution in [0.2, 0.25) is 0 Å². The number of aromatic nitrogens is 1. The van der Waals surface area contributed by atoms with Crippen molar-refractivity contribution < 1.29 is 5.11 Å². The summed E-state index contributed by atoms with van der Waals surface area (Å²) in [7, 11) is -2.68. The number of aromatic hydroxyl groups is 1. The molecule has 0 spiro atoms. The Morgan fingerprint density at radius 3 is 1.69 bits per heavy atom. The molecule has 0 atom stereocenters. The second kappa shape index (κ2) is 15.9. The largest absolute Gasteiger partial charge is 0.507 e. The van der Waals surface area contributed by atoms with E-state index in [4.69, 9.17) is 9.98 Å². The van der Waals surface area contributed by atoms with E-state index in [1.54, 1.807) is 23.6 Å². The Morgan fingerprint density at radius 2 is 1.10 bits per heavy atom. The minimum Gasteiger partial charge on any atom is -0.507 e. The summed E-state index contributed by atoms with van der Waals surface area (Å²) >= 11 is 1.71. The molecule has 1 aromatic heterocycles. The van der Waals surface area contributed by atoms with Crippen LogP contribution in [0.15, 0.2) is 187 Å². The number of phenolic OH excluding ortho intramolecular Hbond substituents is 1. The Labute approximate surface area is 364 Å². The maximum absolute atomic E-state index is 10.9. The molecular formula is C56H50N2OSSi. The third-order valence-corrected chi connectivity index (χ3v) is 17.8. The lowest BCUT2D eigenvalue weighted by Gasteiger charge is -2.34. The van der Waals surface area contributed by atoms with Crippen LogP contribution in [0.3, 0.4) is 0 Å². The van der Waals surface area contributed by atoms with Crippen LogP contribution in [-0.4, -0.2) is 24.4 Å². The van der Waals surface area contributed by atoms with Crippen molar-refractivity contribution in [3.05, 3.63) is 199 Å². The average molecular weight is 827 g/mol. The topological polar surface area (TPSA) is 45.5 Å². The third-order valence-electron chi connectivity index (χ3n) is 12.0. The maximum Gasteiger partial charge on any atom is 0.179 e. The molecule has 61 heavy (non-hydrogen) atoms. The van der Waals surface area contributed by atoms with Crippen molar-refractivity contribution in [2.75, 3.05) is 0 Å². The van der Waals surface area contributed by atoms with Crippen molar-refractivity contribution in [3.63, 3.8) is 0 Å². The van der Waals surface area contributed by atoms with Gasteiger partial charge < -0.3 is 5.11 Å². The quantitative estimate of drug-likeness (QED) is 0.0942. The summed E-state index contributed by atoms with van der Waals surface area (Å²) in [5.41, 5.74) is 7.99. The van der Waals surface area contributed by atoms with E-state index in [0.29, 0.717) is 5.56 Å². The van der Waals surface area contributed by atoms with Gasteiger partial charge >= 0.3 is 0 Å². The highest BCUT2D eigenvalue weighted by molar-refractivity contribution is 7.22. The van der Waals surface area contributed by atoms with Crippen LogP contribution >= 0.6 is 11.3 Å². The smallest absolute Gasteiger partial charge is 0.179 e. The van der Waals surface area contributed by atoms with Crippen molar-refractivity contribution in [1.29, 1.82) is 0 Å². The molecule has 0 aliphatic carbocycles. The van der Waals surface area contributed by atoms with Crippen LogP contribution in [0.1, 0.15) is 58.2 Å². The van der Waals surface area contributed by atoms with Crippen LogP contribution in [-0.2, 0) is 10.8 Å². The molecule has 1 heterocycles. The zero-order valence-corrected chi connectivity index (χ0v) is 37.5. The number of aliphatic imine (C=N–C) groups is 1. The zero-order valence-electron chi connectivity index (χ0n) is 35.6. The fourth-order valence-corrected chi connectivity index (χ4v) is 14.4. The Bertz CT molecular complexity index is 2940. The summed E-state index contributed by atoms with van der Waals surface area (Å²) in [5.74, 6) is 0.208. The second-order valence-electron chi connectivity index (χ2n) is 18.0. The molecule has 9 rings (SSSR count). The molecule has 0 fully saturated rings. The molecule has 0 unspecified atom stereocenters. The second-order valence-corrected chi connectivity index (χ2v) is 22.9. The molecule has 0 bridgehead atoms. The molecule has 300 valence electrons. The normalized spacial score (nSPS) is 12.4. The Morgan fingerprint density at radius 1 is 0.541 bits per heavy atom. The lowest BCUT2D eigenvalue weighted by atomic mass is 9.85. The number of thiazole rings is 1. The van der Waals surface area contributed by atoms with Crippen molar-refractivity contribution in [1.82, 2.24) is 4.98 Å². The summed E-state index contributed by atoms with van der Waals surface area (Å²) in [6, 6.07) is 65.8. The number of benzene rings is 8. The van der Waals surface area contributed by atoms with Gasteiger partial charge in [0.25, 0.3) is 0 Å². The van der Waals surface area contributed by atoms with E-state index >= 15 is 0 Å². The molecule has 3 nitrogen and oxygen atoms in total. The molecule has 0 aliphatic heterocycles. The summed E-state index contributed by atoms with van der Waals surface area (Å²) in [6.07, 6.45) is 1.80. The molecule has 0 aliphatic rings.